The van der Waals surface area contributed by atoms with Gasteiger partial charge in [0.2, 0.25) is 0 Å². The summed E-state index contributed by atoms with van der Waals surface area (Å²) in [6, 6.07) is 0. The van der Waals surface area contributed by atoms with Crippen molar-refractivity contribution in [2.45, 2.75) is 464 Å². The Bertz CT molecular complexity index is 1940. The number of ether oxygens (including phenoxy) is 4. The minimum Gasteiger partial charge on any atom is -0.462 e. The van der Waals surface area contributed by atoms with Crippen molar-refractivity contribution in [3.8, 4) is 0 Å². The van der Waals surface area contributed by atoms with E-state index in [2.05, 4.69) is 34.6 Å². The van der Waals surface area contributed by atoms with Gasteiger partial charge in [-0.25, -0.2) is 9.13 Å². The van der Waals surface area contributed by atoms with Crippen LogP contribution >= 0.6 is 15.6 Å². The molecule has 0 amide bonds. The lowest BCUT2D eigenvalue weighted by Gasteiger charge is -2.21. The first-order valence-corrected chi connectivity index (χ1v) is 46.1. The second-order valence-electron chi connectivity index (χ2n) is 30.3. The summed E-state index contributed by atoms with van der Waals surface area (Å²) in [4.78, 5) is 73.1. The number of rotatable bonds is 83. The number of hydrogen-bond acceptors (Lipinski definition) is 15. The van der Waals surface area contributed by atoms with E-state index in [1.54, 1.807) is 0 Å². The smallest absolute Gasteiger partial charge is 0.462 e. The van der Waals surface area contributed by atoms with Crippen LogP contribution in [0.25, 0.3) is 0 Å². The van der Waals surface area contributed by atoms with Crippen LogP contribution in [0.15, 0.2) is 0 Å². The number of carbonyl (C=O) groups excluding carboxylic acids is 4. The molecule has 0 bridgehead atoms. The Hall–Kier alpha value is -1.94. The normalized spacial score (nSPS) is 13.8. The minimum atomic E-state index is -4.96. The highest BCUT2D eigenvalue weighted by Gasteiger charge is 2.30. The molecule has 2 unspecified atom stereocenters. The molecule has 0 aliphatic rings. The average Bonchev–Trinajstić information content (AvgIpc) is 0.941. The van der Waals surface area contributed by atoms with Crippen molar-refractivity contribution in [3.05, 3.63) is 0 Å². The lowest BCUT2D eigenvalue weighted by Crippen LogP contribution is -2.30. The predicted molar refractivity (Wildman–Crippen MR) is 418 cm³/mol. The van der Waals surface area contributed by atoms with Crippen molar-refractivity contribution < 1.29 is 80.2 Å². The number of aliphatic hydroxyl groups is 1. The first kappa shape index (κ1) is 100. The first-order valence-electron chi connectivity index (χ1n) is 43.1. The predicted octanol–water partition coefficient (Wildman–Crippen LogP) is 25.2. The second-order valence-corrected chi connectivity index (χ2v) is 33.3. The van der Waals surface area contributed by atoms with Crippen LogP contribution in [-0.2, 0) is 65.4 Å². The van der Waals surface area contributed by atoms with Gasteiger partial charge in [-0.05, 0) is 31.6 Å². The van der Waals surface area contributed by atoms with Crippen LogP contribution in [-0.4, -0.2) is 96.7 Å². The highest BCUT2D eigenvalue weighted by atomic mass is 31.2. The maximum absolute atomic E-state index is 13.1. The molecule has 606 valence electrons. The van der Waals surface area contributed by atoms with E-state index in [1.807, 2.05) is 0 Å². The summed E-state index contributed by atoms with van der Waals surface area (Å²) in [5.74, 6) is -1.38. The molecule has 102 heavy (non-hydrogen) atoms. The van der Waals surface area contributed by atoms with Crippen LogP contribution in [0.5, 0.6) is 0 Å². The molecule has 0 heterocycles. The van der Waals surface area contributed by atoms with Gasteiger partial charge in [0.1, 0.15) is 19.3 Å². The van der Waals surface area contributed by atoms with Gasteiger partial charge in [0.25, 0.3) is 0 Å². The monoisotopic (exact) mass is 1490 g/mol. The Kier molecular flexibility index (Phi) is 74.4. The molecular weight excluding hydrogens is 1330 g/mol. The second kappa shape index (κ2) is 75.9. The van der Waals surface area contributed by atoms with Crippen LogP contribution in [0.2, 0.25) is 0 Å². The summed E-state index contributed by atoms with van der Waals surface area (Å²) in [6.07, 6.45) is 68.1. The van der Waals surface area contributed by atoms with E-state index in [-0.39, 0.29) is 25.7 Å². The van der Waals surface area contributed by atoms with Gasteiger partial charge in [-0.15, -0.1) is 0 Å². The van der Waals surface area contributed by atoms with E-state index in [4.69, 9.17) is 37.0 Å². The maximum Gasteiger partial charge on any atom is 0.472 e. The van der Waals surface area contributed by atoms with E-state index in [0.717, 1.165) is 95.8 Å². The molecule has 0 aromatic heterocycles. The van der Waals surface area contributed by atoms with Crippen LogP contribution in [0.1, 0.15) is 446 Å². The highest BCUT2D eigenvalue weighted by Crippen LogP contribution is 2.45. The van der Waals surface area contributed by atoms with Gasteiger partial charge in [0, 0.05) is 25.7 Å². The van der Waals surface area contributed by atoms with Crippen molar-refractivity contribution >= 4 is 39.5 Å². The molecule has 0 aliphatic heterocycles. The maximum atomic E-state index is 13.1. The quantitative estimate of drug-likeness (QED) is 0.0222. The fraction of sp³-hybridized carbons (Fsp3) is 0.952. The third-order valence-electron chi connectivity index (χ3n) is 19.5. The van der Waals surface area contributed by atoms with Crippen LogP contribution in [0.4, 0.5) is 0 Å². The molecule has 17 nitrogen and oxygen atoms in total. The molecule has 0 aliphatic carbocycles. The Labute approximate surface area is 626 Å². The first-order chi connectivity index (χ1) is 49.5. The Morgan fingerprint density at radius 3 is 0.667 bits per heavy atom. The van der Waals surface area contributed by atoms with E-state index in [9.17, 15) is 43.2 Å². The third kappa shape index (κ3) is 76.3. The summed E-state index contributed by atoms with van der Waals surface area (Å²) in [5.41, 5.74) is 0. The molecule has 0 aromatic carbocycles. The Balaban J connectivity index is 5.22. The Morgan fingerprint density at radius 1 is 0.265 bits per heavy atom. The third-order valence-corrected chi connectivity index (χ3v) is 21.4. The molecule has 0 aromatic rings. The van der Waals surface area contributed by atoms with Gasteiger partial charge in [0.05, 0.1) is 26.4 Å². The van der Waals surface area contributed by atoms with E-state index in [0.29, 0.717) is 25.7 Å². The molecular formula is C83H162O17P2. The number of phosphoric ester groups is 2. The zero-order chi connectivity index (χ0) is 74.8. The molecule has 3 N–H and O–H groups in total. The summed E-state index contributed by atoms with van der Waals surface area (Å²) in [7, 11) is -9.92. The van der Waals surface area contributed by atoms with Gasteiger partial charge in [0.15, 0.2) is 12.2 Å². The summed E-state index contributed by atoms with van der Waals surface area (Å²) in [5, 5.41) is 10.6. The number of phosphoric acid groups is 2. The van der Waals surface area contributed by atoms with Gasteiger partial charge in [-0.1, -0.05) is 394 Å². The molecule has 19 heteroatoms. The van der Waals surface area contributed by atoms with Gasteiger partial charge >= 0.3 is 39.5 Å². The van der Waals surface area contributed by atoms with Crippen molar-refractivity contribution in [1.82, 2.24) is 0 Å². The van der Waals surface area contributed by atoms with Crippen molar-refractivity contribution in [2.75, 3.05) is 39.6 Å². The minimum absolute atomic E-state index is 0.107. The van der Waals surface area contributed by atoms with Gasteiger partial charge < -0.3 is 33.8 Å². The summed E-state index contributed by atoms with van der Waals surface area (Å²) < 4.78 is 68.8. The highest BCUT2D eigenvalue weighted by molar-refractivity contribution is 7.47. The fourth-order valence-electron chi connectivity index (χ4n) is 12.9. The van der Waals surface area contributed by atoms with Crippen molar-refractivity contribution in [2.24, 2.45) is 5.92 Å². The Morgan fingerprint density at radius 2 is 0.451 bits per heavy atom. The van der Waals surface area contributed by atoms with Crippen molar-refractivity contribution in [3.63, 3.8) is 0 Å². The zero-order valence-electron chi connectivity index (χ0n) is 66.8. The number of esters is 4. The number of carbonyl (C=O) groups is 4. The molecule has 0 radical (unpaired) electrons. The van der Waals surface area contributed by atoms with E-state index < -0.39 is 97.5 Å². The molecule has 5 atom stereocenters. The van der Waals surface area contributed by atoms with E-state index in [1.165, 1.54) is 270 Å². The van der Waals surface area contributed by atoms with Crippen LogP contribution < -0.4 is 0 Å². The molecule has 0 fully saturated rings. The van der Waals surface area contributed by atoms with Gasteiger partial charge in [-0.3, -0.25) is 37.3 Å². The molecule has 0 saturated carbocycles. The standard InChI is InChI=1S/C83H162O17P2/c1-6-9-12-15-18-21-24-27-29-31-33-34-35-37-39-41-44-47-54-59-64-69-83(88)99-78(72-93-80(85)66-61-56-51-45-43-40-38-36-32-30-28-25-22-19-16-13-10-7-2)74-97-101(89,90)95-70-77(84)71-96-102(91,92)98-75-79(73-94-81(86)67-62-57-52-49-48-50-55-60-65-76(4)5)100-82(87)68-63-58-53-46-42-26-23-20-17-14-11-8-3/h76-79,84H,6-75H2,1-5H3,(H,89,90)(H,91,92)/t77-,78-,79-/m1/s1. The van der Waals surface area contributed by atoms with Crippen molar-refractivity contribution in [1.29, 1.82) is 0 Å². The van der Waals surface area contributed by atoms with Gasteiger partial charge in [-0.2, -0.15) is 0 Å². The lowest BCUT2D eigenvalue weighted by atomic mass is 10.0. The molecule has 0 rings (SSSR count). The molecule has 0 saturated heterocycles. The summed E-state index contributed by atoms with van der Waals surface area (Å²) >= 11 is 0. The number of unbranched alkanes of at least 4 members (excludes halogenated alkanes) is 55. The average molecular weight is 1490 g/mol. The van der Waals surface area contributed by atoms with Crippen LogP contribution in [0, 0.1) is 5.92 Å². The largest absolute Gasteiger partial charge is 0.472 e. The fourth-order valence-corrected chi connectivity index (χ4v) is 14.5. The number of hydrogen-bond donors (Lipinski definition) is 3. The zero-order valence-corrected chi connectivity index (χ0v) is 68.5. The van der Waals surface area contributed by atoms with E-state index >= 15 is 0 Å². The summed E-state index contributed by atoms with van der Waals surface area (Å²) in [6.45, 7) is 7.30. The molecule has 0 spiro atoms. The van der Waals surface area contributed by atoms with Crippen LogP contribution in [0.3, 0.4) is 0 Å². The lowest BCUT2D eigenvalue weighted by molar-refractivity contribution is -0.161. The SMILES string of the molecule is CCCCCCCCCCCCCCCCCCCCCCCC(=O)O[C@H](COC(=O)CCCCCCCCCCCCCCCCCCCC)COP(=O)(O)OC[C@@H](O)COP(=O)(O)OC[C@@H](COC(=O)CCCCCCCCCCC(C)C)OC(=O)CCCCCCCCCCCCCC. The number of aliphatic hydroxyl groups excluding tert-OH is 1. The topological polar surface area (TPSA) is 237 Å².